The van der Waals surface area contributed by atoms with Crippen LogP contribution in [-0.4, -0.2) is 37.5 Å². The van der Waals surface area contributed by atoms with E-state index < -0.39 is 37.9 Å². The number of hydrogen-bond acceptors (Lipinski definition) is 4. The Bertz CT molecular complexity index is 396. The van der Waals surface area contributed by atoms with E-state index in [2.05, 4.69) is 4.74 Å². The fraction of sp³-hybridized carbons (Fsp3) is 0.833. The summed E-state index contributed by atoms with van der Waals surface area (Å²) >= 11 is 0. The number of ether oxygens (including phenoxy) is 1. The van der Waals surface area contributed by atoms with E-state index in [1.165, 1.54) is 0 Å². The Morgan fingerprint density at radius 2 is 1.56 bits per heavy atom. The van der Waals surface area contributed by atoms with Crippen LogP contribution in [-0.2, 0) is 18.7 Å². The maximum Gasteiger partial charge on any atom is 0.344 e. The first-order chi connectivity index (χ1) is 6.94. The Morgan fingerprint density at radius 3 is 1.75 bits per heavy atom. The predicted octanol–water partition coefficient (Wildman–Crippen LogP) is -0.379. The molecule has 16 heavy (non-hydrogen) atoms. The second kappa shape index (κ2) is 3.38. The molecule has 0 bridgehead atoms. The van der Waals surface area contributed by atoms with E-state index in [0.29, 0.717) is 0 Å². The highest BCUT2D eigenvalue weighted by molar-refractivity contribution is 7.73. The van der Waals surface area contributed by atoms with Gasteiger partial charge in [0.05, 0.1) is 12.5 Å². The lowest BCUT2D eigenvalue weighted by molar-refractivity contribution is -0.146. The van der Waals surface area contributed by atoms with Gasteiger partial charge in [0, 0.05) is 0 Å². The molecule has 0 amide bonds. The zero-order chi connectivity index (χ0) is 13.0. The highest BCUT2D eigenvalue weighted by atomic mass is 31.2. The van der Waals surface area contributed by atoms with Crippen LogP contribution in [0, 0.1) is 5.41 Å². The van der Waals surface area contributed by atoms with Crippen LogP contribution < -0.4 is 0 Å². The quantitative estimate of drug-likeness (QED) is 0.403. The van der Waals surface area contributed by atoms with E-state index in [1.54, 1.807) is 0 Å². The van der Waals surface area contributed by atoms with Crippen LogP contribution in [0.1, 0.15) is 13.3 Å². The smallest absolute Gasteiger partial charge is 0.344 e. The lowest BCUT2D eigenvalue weighted by atomic mass is 10.1. The van der Waals surface area contributed by atoms with Crippen molar-refractivity contribution in [3.63, 3.8) is 0 Å². The largest absolute Gasteiger partial charge is 0.469 e. The molecule has 0 radical (unpaired) electrons. The van der Waals surface area contributed by atoms with E-state index in [4.69, 9.17) is 19.6 Å². The minimum Gasteiger partial charge on any atom is -0.469 e. The average molecular weight is 274 g/mol. The molecule has 0 saturated heterocycles. The molecule has 0 aromatic carbocycles. The predicted molar refractivity (Wildman–Crippen MR) is 51.6 cm³/mol. The second-order valence-electron chi connectivity index (χ2n) is 3.91. The summed E-state index contributed by atoms with van der Waals surface area (Å²) in [5.74, 6) is -1.04. The van der Waals surface area contributed by atoms with Gasteiger partial charge < -0.3 is 24.3 Å². The van der Waals surface area contributed by atoms with Gasteiger partial charge in [-0.3, -0.25) is 13.9 Å². The van der Waals surface area contributed by atoms with E-state index in [-0.39, 0.29) is 0 Å². The molecule has 8 nitrogen and oxygen atoms in total. The Labute approximate surface area is 90.9 Å². The van der Waals surface area contributed by atoms with Gasteiger partial charge in [-0.05, 0) is 13.3 Å². The summed E-state index contributed by atoms with van der Waals surface area (Å²) in [6.45, 7) is 1.07. The van der Waals surface area contributed by atoms with Crippen molar-refractivity contribution in [3.05, 3.63) is 0 Å². The maximum atomic E-state index is 11.3. The molecule has 1 saturated carbocycles. The number of rotatable bonds is 3. The van der Waals surface area contributed by atoms with Crippen LogP contribution in [0.4, 0.5) is 0 Å². The van der Waals surface area contributed by atoms with Gasteiger partial charge in [0.1, 0.15) is 0 Å². The molecule has 10 heteroatoms. The Balaban J connectivity index is 3.33. The van der Waals surface area contributed by atoms with Crippen molar-refractivity contribution in [1.82, 2.24) is 0 Å². The minimum atomic E-state index is -5.13. The molecule has 1 unspecified atom stereocenters. The van der Waals surface area contributed by atoms with Gasteiger partial charge in [0.15, 0.2) is 4.90 Å². The number of esters is 1. The lowest BCUT2D eigenvalue weighted by Crippen LogP contribution is -2.27. The number of carbonyl (C=O) groups excluding carboxylic acids is 1. The van der Waals surface area contributed by atoms with Crippen LogP contribution in [0.5, 0.6) is 0 Å². The lowest BCUT2D eigenvalue weighted by Gasteiger charge is -2.23. The average Bonchev–Trinajstić information content (AvgIpc) is 2.72. The zero-order valence-corrected chi connectivity index (χ0v) is 10.3. The van der Waals surface area contributed by atoms with Crippen molar-refractivity contribution in [2.75, 3.05) is 7.11 Å². The van der Waals surface area contributed by atoms with Gasteiger partial charge in [-0.2, -0.15) is 0 Å². The van der Waals surface area contributed by atoms with Crippen molar-refractivity contribution < 1.29 is 38.2 Å². The summed E-state index contributed by atoms with van der Waals surface area (Å²) in [6, 6.07) is 0. The number of carbonyl (C=O) groups is 1. The molecule has 0 aromatic rings. The normalized spacial score (nSPS) is 28.6. The van der Waals surface area contributed by atoms with Crippen molar-refractivity contribution in [2.45, 2.75) is 18.2 Å². The molecule has 0 spiro atoms. The SMILES string of the molecule is COC(=O)C1(C)CC1(P(=O)(O)O)P(=O)(O)O. The summed E-state index contributed by atoms with van der Waals surface area (Å²) in [5, 5.41) is 0. The Morgan fingerprint density at radius 1 is 1.19 bits per heavy atom. The standard InChI is InChI=1S/C6H12O8P2/c1-5(4(7)14-2)3-6(5,15(8,9)10)16(11,12)13/h3H2,1-2H3,(H2,8,9,10)(H2,11,12,13). The summed E-state index contributed by atoms with van der Waals surface area (Å²) < 4.78 is 26.7. The Kier molecular flexibility index (Phi) is 2.93. The molecule has 94 valence electrons. The third kappa shape index (κ3) is 1.49. The monoisotopic (exact) mass is 274 g/mol. The first-order valence-corrected chi connectivity index (χ1v) is 7.36. The topological polar surface area (TPSA) is 141 Å². The van der Waals surface area contributed by atoms with Crippen molar-refractivity contribution in [1.29, 1.82) is 0 Å². The third-order valence-corrected chi connectivity index (χ3v) is 7.75. The van der Waals surface area contributed by atoms with E-state index in [9.17, 15) is 13.9 Å². The molecular formula is C6H12O8P2. The van der Waals surface area contributed by atoms with Crippen molar-refractivity contribution in [2.24, 2.45) is 5.41 Å². The molecule has 0 aliphatic heterocycles. The van der Waals surface area contributed by atoms with Crippen molar-refractivity contribution in [3.8, 4) is 0 Å². The van der Waals surface area contributed by atoms with Gasteiger partial charge in [-0.25, -0.2) is 0 Å². The van der Waals surface area contributed by atoms with Crippen LogP contribution in [0.3, 0.4) is 0 Å². The van der Waals surface area contributed by atoms with Gasteiger partial charge in [-0.1, -0.05) is 0 Å². The van der Waals surface area contributed by atoms with Gasteiger partial charge in [-0.15, -0.1) is 0 Å². The molecule has 0 heterocycles. The number of hydrogen-bond donors (Lipinski definition) is 4. The number of methoxy groups -OCH3 is 1. The van der Waals surface area contributed by atoms with E-state index >= 15 is 0 Å². The van der Waals surface area contributed by atoms with Crippen LogP contribution in [0.15, 0.2) is 0 Å². The van der Waals surface area contributed by atoms with E-state index in [1.807, 2.05) is 0 Å². The van der Waals surface area contributed by atoms with Crippen LogP contribution >= 0.6 is 15.2 Å². The third-order valence-electron chi connectivity index (χ3n) is 2.96. The fourth-order valence-corrected chi connectivity index (χ4v) is 5.80. The Hall–Kier alpha value is -0.230. The summed E-state index contributed by atoms with van der Waals surface area (Å²) in [5.41, 5.74) is -1.85. The molecule has 1 aliphatic carbocycles. The van der Waals surface area contributed by atoms with E-state index in [0.717, 1.165) is 14.0 Å². The first-order valence-electron chi connectivity index (χ1n) is 4.14. The molecule has 1 aliphatic rings. The van der Waals surface area contributed by atoms with Gasteiger partial charge in [0.2, 0.25) is 0 Å². The fourth-order valence-electron chi connectivity index (χ4n) is 1.93. The highest BCUT2D eigenvalue weighted by Crippen LogP contribution is 2.88. The van der Waals surface area contributed by atoms with Crippen LogP contribution in [0.2, 0.25) is 0 Å². The molecule has 1 fully saturated rings. The first kappa shape index (κ1) is 13.8. The summed E-state index contributed by atoms with van der Waals surface area (Å²) in [4.78, 5) is 44.8. The minimum absolute atomic E-state index is 0.596. The summed E-state index contributed by atoms with van der Waals surface area (Å²) in [7, 11) is -9.28. The second-order valence-corrected chi connectivity index (χ2v) is 7.96. The maximum absolute atomic E-state index is 11.3. The molecule has 1 rings (SSSR count). The van der Waals surface area contributed by atoms with Crippen molar-refractivity contribution >= 4 is 21.2 Å². The molecule has 0 aromatic heterocycles. The highest BCUT2D eigenvalue weighted by Gasteiger charge is 2.86. The zero-order valence-electron chi connectivity index (χ0n) is 8.52. The summed E-state index contributed by atoms with van der Waals surface area (Å²) in [6.07, 6.45) is -0.596. The molecule has 1 atom stereocenters. The molecular weight excluding hydrogens is 262 g/mol. The van der Waals surface area contributed by atoms with Gasteiger partial charge in [0.25, 0.3) is 0 Å². The molecule has 4 N–H and O–H groups in total. The van der Waals surface area contributed by atoms with Gasteiger partial charge >= 0.3 is 21.2 Å². The van der Waals surface area contributed by atoms with Crippen LogP contribution in [0.25, 0.3) is 0 Å².